The molecule has 1 aliphatic carbocycles. The van der Waals surface area contributed by atoms with Crippen molar-refractivity contribution < 1.29 is 0 Å². The van der Waals surface area contributed by atoms with Gasteiger partial charge in [-0.05, 0) is 156 Å². The van der Waals surface area contributed by atoms with Crippen LogP contribution in [0.2, 0.25) is 0 Å². The summed E-state index contributed by atoms with van der Waals surface area (Å²) in [6.07, 6.45) is 0.983. The first-order valence-corrected chi connectivity index (χ1v) is 21.7. The van der Waals surface area contributed by atoms with Crippen LogP contribution in [-0.4, -0.2) is 0 Å². The summed E-state index contributed by atoms with van der Waals surface area (Å²) in [6.45, 7) is 28.0. The number of hydrogen-bond acceptors (Lipinski definition) is 2. The molecule has 2 heteroatoms. The van der Waals surface area contributed by atoms with Crippen LogP contribution in [0.25, 0.3) is 73.7 Å². The van der Waals surface area contributed by atoms with E-state index >= 15 is 0 Å². The van der Waals surface area contributed by atoms with Crippen LogP contribution in [0.15, 0.2) is 97.1 Å². The van der Waals surface area contributed by atoms with Gasteiger partial charge in [0.2, 0.25) is 0 Å². The lowest BCUT2D eigenvalue weighted by Crippen LogP contribution is -2.11. The molecule has 2 heterocycles. The molecule has 0 fully saturated rings. The highest BCUT2D eigenvalue weighted by atomic mass is 32.1. The smallest absolute Gasteiger partial charge is 0.0434 e. The van der Waals surface area contributed by atoms with Crippen LogP contribution in [0.4, 0.5) is 0 Å². The minimum atomic E-state index is 0.0326. The third kappa shape index (κ3) is 6.16. The molecule has 55 heavy (non-hydrogen) atoms. The van der Waals surface area contributed by atoms with Crippen LogP contribution < -0.4 is 0 Å². The monoisotopic (exact) mass is 754 g/mol. The highest BCUT2D eigenvalue weighted by Crippen LogP contribution is 2.49. The molecule has 0 saturated carbocycles. The van der Waals surface area contributed by atoms with Crippen LogP contribution in [0.3, 0.4) is 0 Å². The lowest BCUT2D eigenvalue weighted by atomic mass is 9.83. The van der Waals surface area contributed by atoms with Gasteiger partial charge in [0.1, 0.15) is 0 Å². The van der Waals surface area contributed by atoms with Crippen LogP contribution in [0.5, 0.6) is 0 Å². The molecule has 0 aliphatic heterocycles. The molecule has 2 aromatic heterocycles. The van der Waals surface area contributed by atoms with Crippen LogP contribution >= 0.6 is 22.7 Å². The van der Waals surface area contributed by atoms with Crippen molar-refractivity contribution in [3.05, 3.63) is 130 Å². The van der Waals surface area contributed by atoms with E-state index in [0.29, 0.717) is 0 Å². The van der Waals surface area contributed by atoms with Gasteiger partial charge in [-0.25, -0.2) is 0 Å². The maximum Gasteiger partial charge on any atom is 0.0434 e. The summed E-state index contributed by atoms with van der Waals surface area (Å²) in [5, 5.41) is 5.54. The molecule has 0 nitrogen and oxygen atoms in total. The Morgan fingerprint density at radius 2 is 0.709 bits per heavy atom. The Bertz CT molecular complexity index is 2660. The molecule has 0 N–H and O–H groups in total. The predicted molar refractivity (Wildman–Crippen MR) is 246 cm³/mol. The summed E-state index contributed by atoms with van der Waals surface area (Å²) in [5.41, 5.74) is 16.8. The van der Waals surface area contributed by atoms with Gasteiger partial charge in [0.25, 0.3) is 0 Å². The molecular formula is C53H54S2. The maximum atomic E-state index is 2.51. The Morgan fingerprint density at radius 1 is 0.345 bits per heavy atom. The van der Waals surface area contributed by atoms with Gasteiger partial charge in [-0.2, -0.15) is 0 Å². The average molecular weight is 755 g/mol. The zero-order valence-corrected chi connectivity index (χ0v) is 36.4. The van der Waals surface area contributed by atoms with Gasteiger partial charge in [0.05, 0.1) is 0 Å². The van der Waals surface area contributed by atoms with Gasteiger partial charge in [-0.1, -0.05) is 119 Å². The molecule has 0 spiro atoms. The third-order valence-electron chi connectivity index (χ3n) is 12.1. The molecule has 0 unspecified atom stereocenters. The molecule has 6 aromatic carbocycles. The number of thiophene rings is 2. The van der Waals surface area contributed by atoms with Crippen molar-refractivity contribution >= 4 is 63.0 Å². The van der Waals surface area contributed by atoms with Gasteiger partial charge in [-0.3, -0.25) is 0 Å². The minimum Gasteiger partial charge on any atom is -0.135 e. The largest absolute Gasteiger partial charge is 0.135 e. The van der Waals surface area contributed by atoms with Crippen molar-refractivity contribution in [3.63, 3.8) is 0 Å². The van der Waals surface area contributed by atoms with E-state index in [4.69, 9.17) is 0 Å². The lowest BCUT2D eigenvalue weighted by Gasteiger charge is -2.21. The molecule has 0 radical (unpaired) electrons. The van der Waals surface area contributed by atoms with E-state index in [0.717, 1.165) is 6.42 Å². The summed E-state index contributed by atoms with van der Waals surface area (Å²) in [5.74, 6) is 0. The molecule has 0 bridgehead atoms. The summed E-state index contributed by atoms with van der Waals surface area (Å²) in [7, 11) is 0. The molecular weight excluding hydrogens is 701 g/mol. The molecule has 8 aromatic rings. The fourth-order valence-corrected chi connectivity index (χ4v) is 10.9. The first kappa shape index (κ1) is 36.4. The highest BCUT2D eigenvalue weighted by Gasteiger charge is 2.26. The molecule has 278 valence electrons. The molecule has 0 amide bonds. The average Bonchev–Trinajstić information content (AvgIpc) is 3.79. The maximum absolute atomic E-state index is 2.51. The topological polar surface area (TPSA) is 0 Å². The van der Waals surface area contributed by atoms with Crippen molar-refractivity contribution in [2.75, 3.05) is 0 Å². The Balaban J connectivity index is 1.22. The molecule has 0 saturated heterocycles. The van der Waals surface area contributed by atoms with E-state index in [1.807, 2.05) is 22.7 Å². The fraction of sp³-hybridized carbons (Fsp3) is 0.321. The number of fused-ring (bicyclic) bond motifs is 9. The summed E-state index contributed by atoms with van der Waals surface area (Å²) in [6, 6.07) is 38.8. The van der Waals surface area contributed by atoms with E-state index < -0.39 is 0 Å². The highest BCUT2D eigenvalue weighted by molar-refractivity contribution is 7.26. The third-order valence-corrected chi connectivity index (χ3v) is 14.6. The first-order valence-electron chi connectivity index (χ1n) is 20.0. The second-order valence-electron chi connectivity index (χ2n) is 20.3. The van der Waals surface area contributed by atoms with Crippen molar-refractivity contribution in [3.8, 4) is 33.4 Å². The van der Waals surface area contributed by atoms with E-state index in [1.54, 1.807) is 0 Å². The van der Waals surface area contributed by atoms with Crippen molar-refractivity contribution in [1.82, 2.24) is 0 Å². The van der Waals surface area contributed by atoms with Gasteiger partial charge in [0, 0.05) is 40.3 Å². The summed E-state index contributed by atoms with van der Waals surface area (Å²) >= 11 is 3.90. The van der Waals surface area contributed by atoms with Crippen LogP contribution in [0.1, 0.15) is 116 Å². The van der Waals surface area contributed by atoms with E-state index in [9.17, 15) is 0 Å². The van der Waals surface area contributed by atoms with E-state index in [2.05, 4.69) is 180 Å². The normalized spacial score (nSPS) is 13.7. The second kappa shape index (κ2) is 12.1. The predicted octanol–water partition coefficient (Wildman–Crippen LogP) is 16.5. The quantitative estimate of drug-likeness (QED) is 0.165. The van der Waals surface area contributed by atoms with Crippen molar-refractivity contribution in [1.29, 1.82) is 0 Å². The van der Waals surface area contributed by atoms with E-state index in [-0.39, 0.29) is 21.7 Å². The van der Waals surface area contributed by atoms with E-state index in [1.165, 1.54) is 107 Å². The van der Waals surface area contributed by atoms with Crippen LogP contribution in [-0.2, 0) is 28.1 Å². The molecule has 0 atom stereocenters. The van der Waals surface area contributed by atoms with Gasteiger partial charge in [-0.15, -0.1) is 22.7 Å². The Kier molecular flexibility index (Phi) is 8.03. The minimum absolute atomic E-state index is 0.0326. The van der Waals surface area contributed by atoms with Crippen molar-refractivity contribution in [2.24, 2.45) is 0 Å². The zero-order chi connectivity index (χ0) is 39.0. The zero-order valence-electron chi connectivity index (χ0n) is 34.8. The SMILES string of the molecule is CC(C)(C)c1ccc2sc3c(-c4ccc5c(c4)-c4cc(-c6cc(C(C)(C)C)cc7c6sc6ccc(C(C)(C)C)cc67)ccc4C5)cc(C(C)(C)C)cc3c2c1. The number of rotatable bonds is 2. The van der Waals surface area contributed by atoms with Gasteiger partial charge in [0.15, 0.2) is 0 Å². The first-order chi connectivity index (χ1) is 25.7. The Hall–Kier alpha value is -4.24. The molecule has 1 aliphatic rings. The summed E-state index contributed by atoms with van der Waals surface area (Å²) in [4.78, 5) is 0. The second-order valence-corrected chi connectivity index (χ2v) is 22.5. The van der Waals surface area contributed by atoms with Gasteiger partial charge >= 0.3 is 0 Å². The number of hydrogen-bond donors (Lipinski definition) is 0. The Morgan fingerprint density at radius 3 is 1.07 bits per heavy atom. The fourth-order valence-electron chi connectivity index (χ4n) is 8.49. The van der Waals surface area contributed by atoms with Crippen LogP contribution in [0, 0.1) is 0 Å². The molecule has 9 rings (SSSR count). The Labute approximate surface area is 336 Å². The van der Waals surface area contributed by atoms with Crippen molar-refractivity contribution in [2.45, 2.75) is 111 Å². The standard InChI is InChI=1S/C53H54S2/c1-50(2,3)34-17-19-46-42(24-34)44-28-36(52(7,8)9)26-40(48(44)54-46)32-15-13-30-21-31-14-16-33(23-39(31)38(30)22-32)41-27-37(53(10,11)12)29-45-43-25-35(51(4,5)6)18-20-47(43)55-49(41)45/h13-20,22-29H,21H2,1-12H3. The number of benzene rings is 6. The summed E-state index contributed by atoms with van der Waals surface area (Å²) < 4.78 is 5.51. The van der Waals surface area contributed by atoms with Gasteiger partial charge < -0.3 is 0 Å². The lowest BCUT2D eigenvalue weighted by molar-refractivity contribution is 0.590.